The van der Waals surface area contributed by atoms with Gasteiger partial charge in [0.2, 0.25) is 0 Å². The van der Waals surface area contributed by atoms with Crippen molar-refractivity contribution in [1.82, 2.24) is 10.2 Å². The minimum absolute atomic E-state index is 0.0168. The van der Waals surface area contributed by atoms with Crippen LogP contribution in [0.1, 0.15) is 56.2 Å². The molecular weight excluding hydrogens is 263 g/mol. The van der Waals surface area contributed by atoms with Crippen LogP contribution in [0.4, 0.5) is 4.39 Å². The van der Waals surface area contributed by atoms with E-state index in [1.165, 1.54) is 19.3 Å². The number of benzene rings is 1. The van der Waals surface area contributed by atoms with Gasteiger partial charge >= 0.3 is 0 Å². The monoisotopic (exact) mass is 292 g/mol. The zero-order chi connectivity index (χ0) is 15.5. The number of hydrogen-bond donors (Lipinski definition) is 1. The van der Waals surface area contributed by atoms with E-state index in [2.05, 4.69) is 31.2 Å². The van der Waals surface area contributed by atoms with Crippen molar-refractivity contribution in [2.24, 2.45) is 0 Å². The lowest BCUT2D eigenvalue weighted by molar-refractivity contribution is 0.0556. The largest absolute Gasteiger partial charge is 0.309 e. The molecule has 0 spiro atoms. The van der Waals surface area contributed by atoms with Crippen LogP contribution in [0.2, 0.25) is 0 Å². The fourth-order valence-corrected chi connectivity index (χ4v) is 3.84. The quantitative estimate of drug-likeness (QED) is 0.881. The van der Waals surface area contributed by atoms with E-state index in [4.69, 9.17) is 0 Å². The molecule has 1 aromatic rings. The number of halogens is 1. The summed E-state index contributed by atoms with van der Waals surface area (Å²) in [4.78, 5) is 2.32. The van der Waals surface area contributed by atoms with Gasteiger partial charge in [-0.15, -0.1) is 0 Å². The maximum Gasteiger partial charge on any atom is 0.128 e. The van der Waals surface area contributed by atoms with Crippen molar-refractivity contribution < 1.29 is 4.39 Å². The molecule has 2 rings (SSSR count). The Morgan fingerprint density at radius 1 is 1.24 bits per heavy atom. The summed E-state index contributed by atoms with van der Waals surface area (Å²) >= 11 is 0. The second kappa shape index (κ2) is 6.89. The van der Waals surface area contributed by atoms with E-state index in [0.717, 1.165) is 30.5 Å². The second-order valence-corrected chi connectivity index (χ2v) is 6.57. The third kappa shape index (κ3) is 3.29. The second-order valence-electron chi connectivity index (χ2n) is 6.57. The molecule has 3 heteroatoms. The molecule has 118 valence electrons. The highest BCUT2D eigenvalue weighted by Gasteiger charge is 2.43. The summed E-state index contributed by atoms with van der Waals surface area (Å²) in [6.45, 7) is 5.00. The molecule has 1 aliphatic rings. The maximum atomic E-state index is 14.5. The molecule has 0 aliphatic heterocycles. The van der Waals surface area contributed by atoms with Gasteiger partial charge in [0.15, 0.2) is 0 Å². The molecule has 2 nitrogen and oxygen atoms in total. The van der Waals surface area contributed by atoms with Gasteiger partial charge in [-0.3, -0.25) is 0 Å². The third-order valence-corrected chi connectivity index (χ3v) is 5.02. The van der Waals surface area contributed by atoms with E-state index in [-0.39, 0.29) is 17.4 Å². The zero-order valence-electron chi connectivity index (χ0n) is 13.9. The number of aryl methyl sites for hydroxylation is 1. The topological polar surface area (TPSA) is 15.3 Å². The molecule has 1 aromatic carbocycles. The highest BCUT2D eigenvalue weighted by atomic mass is 19.1. The molecule has 0 bridgehead atoms. The standard InChI is InChI=1S/C18H29FN2/c1-5-20-17(15-13-14(2)9-10-16(15)19)18(21(3)4)11-7-6-8-12-18/h9-10,13,17,20H,5-8,11-12H2,1-4H3. The smallest absolute Gasteiger partial charge is 0.128 e. The Morgan fingerprint density at radius 3 is 2.48 bits per heavy atom. The lowest BCUT2D eigenvalue weighted by Gasteiger charge is -2.49. The SMILES string of the molecule is CCNC(c1cc(C)ccc1F)C1(N(C)C)CCCCC1. The molecule has 1 unspecified atom stereocenters. The predicted octanol–water partition coefficient (Wildman–Crippen LogP) is 4.05. The zero-order valence-corrected chi connectivity index (χ0v) is 13.9. The Morgan fingerprint density at radius 2 is 1.90 bits per heavy atom. The summed E-state index contributed by atoms with van der Waals surface area (Å²) in [6, 6.07) is 5.53. The molecule has 0 heterocycles. The summed E-state index contributed by atoms with van der Waals surface area (Å²) in [7, 11) is 4.28. The third-order valence-electron chi connectivity index (χ3n) is 5.02. The van der Waals surface area contributed by atoms with Crippen LogP contribution in [0, 0.1) is 12.7 Å². The van der Waals surface area contributed by atoms with E-state index < -0.39 is 0 Å². The van der Waals surface area contributed by atoms with Crippen LogP contribution >= 0.6 is 0 Å². The van der Waals surface area contributed by atoms with Crippen LogP contribution in [0.15, 0.2) is 18.2 Å². The van der Waals surface area contributed by atoms with Crippen LogP contribution in [0.3, 0.4) is 0 Å². The number of likely N-dealkylation sites (N-methyl/N-ethyl adjacent to an activating group) is 2. The molecule has 1 atom stereocenters. The lowest BCUT2D eigenvalue weighted by Crippen LogP contribution is -2.55. The number of rotatable bonds is 5. The molecule has 0 saturated heterocycles. The van der Waals surface area contributed by atoms with E-state index in [1.54, 1.807) is 6.07 Å². The van der Waals surface area contributed by atoms with Crippen molar-refractivity contribution in [3.63, 3.8) is 0 Å². The Hall–Kier alpha value is -0.930. The number of hydrogen-bond acceptors (Lipinski definition) is 2. The van der Waals surface area contributed by atoms with Gasteiger partial charge in [-0.05, 0) is 46.5 Å². The fraction of sp³-hybridized carbons (Fsp3) is 0.667. The molecule has 1 N–H and O–H groups in total. The lowest BCUT2D eigenvalue weighted by atomic mass is 9.72. The van der Waals surface area contributed by atoms with E-state index in [9.17, 15) is 4.39 Å². The van der Waals surface area contributed by atoms with Crippen molar-refractivity contribution in [3.8, 4) is 0 Å². The average molecular weight is 292 g/mol. The van der Waals surface area contributed by atoms with Crippen LogP contribution in [-0.4, -0.2) is 31.1 Å². The van der Waals surface area contributed by atoms with E-state index in [0.29, 0.717) is 0 Å². The summed E-state index contributed by atoms with van der Waals surface area (Å²) in [6.07, 6.45) is 6.02. The predicted molar refractivity (Wildman–Crippen MR) is 87.1 cm³/mol. The van der Waals surface area contributed by atoms with Gasteiger partial charge in [0.05, 0.1) is 6.04 Å². The molecule has 0 aromatic heterocycles. The van der Waals surface area contributed by atoms with Gasteiger partial charge in [0.1, 0.15) is 5.82 Å². The van der Waals surface area contributed by atoms with Crippen molar-refractivity contribution in [3.05, 3.63) is 35.1 Å². The van der Waals surface area contributed by atoms with E-state index >= 15 is 0 Å². The molecular formula is C18H29FN2. The van der Waals surface area contributed by atoms with Gasteiger partial charge in [-0.25, -0.2) is 4.39 Å². The molecule has 1 saturated carbocycles. The highest BCUT2D eigenvalue weighted by molar-refractivity contribution is 5.30. The first-order valence-corrected chi connectivity index (χ1v) is 8.18. The Kier molecular flexibility index (Phi) is 5.39. The summed E-state index contributed by atoms with van der Waals surface area (Å²) < 4.78 is 14.5. The summed E-state index contributed by atoms with van der Waals surface area (Å²) in [5.41, 5.74) is 1.97. The maximum absolute atomic E-state index is 14.5. The van der Waals surface area contributed by atoms with Crippen LogP contribution in [0.5, 0.6) is 0 Å². The van der Waals surface area contributed by atoms with Crippen molar-refractivity contribution >= 4 is 0 Å². The normalized spacial score (nSPS) is 19.7. The first-order chi connectivity index (χ1) is 10.0. The van der Waals surface area contributed by atoms with Crippen LogP contribution in [0.25, 0.3) is 0 Å². The van der Waals surface area contributed by atoms with Gasteiger partial charge < -0.3 is 10.2 Å². The fourth-order valence-electron chi connectivity index (χ4n) is 3.84. The van der Waals surface area contributed by atoms with E-state index in [1.807, 2.05) is 19.1 Å². The molecule has 1 aliphatic carbocycles. The first kappa shape index (κ1) is 16.4. The molecule has 21 heavy (non-hydrogen) atoms. The van der Waals surface area contributed by atoms with Gasteiger partial charge in [-0.1, -0.05) is 43.9 Å². The average Bonchev–Trinajstić information content (AvgIpc) is 2.48. The minimum Gasteiger partial charge on any atom is -0.309 e. The molecule has 1 fully saturated rings. The number of nitrogens with one attached hydrogen (secondary N) is 1. The number of nitrogens with zero attached hydrogens (tertiary/aromatic N) is 1. The summed E-state index contributed by atoms with van der Waals surface area (Å²) in [5, 5.41) is 3.58. The Labute approximate surface area is 128 Å². The van der Waals surface area contributed by atoms with Crippen LogP contribution < -0.4 is 5.32 Å². The van der Waals surface area contributed by atoms with Crippen molar-refractivity contribution in [2.75, 3.05) is 20.6 Å². The van der Waals surface area contributed by atoms with Crippen LogP contribution in [-0.2, 0) is 0 Å². The van der Waals surface area contributed by atoms with Gasteiger partial charge in [0.25, 0.3) is 0 Å². The Balaban J connectivity index is 2.47. The summed E-state index contributed by atoms with van der Waals surface area (Å²) in [5.74, 6) is -0.0849. The Bertz CT molecular complexity index is 464. The molecule has 0 amide bonds. The van der Waals surface area contributed by atoms with Crippen molar-refractivity contribution in [1.29, 1.82) is 0 Å². The molecule has 0 radical (unpaired) electrons. The minimum atomic E-state index is -0.0849. The first-order valence-electron chi connectivity index (χ1n) is 8.18. The highest BCUT2D eigenvalue weighted by Crippen LogP contribution is 2.42. The van der Waals surface area contributed by atoms with Crippen molar-refractivity contribution in [2.45, 2.75) is 57.5 Å². The van der Waals surface area contributed by atoms with Gasteiger partial charge in [0, 0.05) is 11.1 Å². The van der Waals surface area contributed by atoms with Gasteiger partial charge in [-0.2, -0.15) is 0 Å².